The number of nitrogens with zero attached hydrogens (tertiary/aromatic N) is 2. The van der Waals surface area contributed by atoms with Crippen LogP contribution in [-0.4, -0.2) is 21.3 Å². The number of benzene rings is 1. The van der Waals surface area contributed by atoms with E-state index in [1.807, 2.05) is 0 Å². The predicted molar refractivity (Wildman–Crippen MR) is 70.0 cm³/mol. The molecular formula is C14H16N2O3. The van der Waals surface area contributed by atoms with Crippen LogP contribution in [0.5, 0.6) is 0 Å². The fourth-order valence-electron chi connectivity index (χ4n) is 1.91. The number of carboxylic acids is 1. The van der Waals surface area contributed by atoms with Crippen LogP contribution in [0.1, 0.15) is 48.9 Å². The highest BCUT2D eigenvalue weighted by atomic mass is 16.4. The van der Waals surface area contributed by atoms with Crippen molar-refractivity contribution in [2.45, 2.75) is 32.6 Å². The maximum atomic E-state index is 10.8. The first-order chi connectivity index (χ1) is 9.15. The fourth-order valence-corrected chi connectivity index (χ4v) is 1.91. The highest BCUT2D eigenvalue weighted by molar-refractivity contribution is 5.88. The Bertz CT molecular complexity index is 556. The Kier molecular flexibility index (Phi) is 3.94. The fraction of sp³-hybridized carbons (Fsp3) is 0.357. The van der Waals surface area contributed by atoms with Gasteiger partial charge in [-0.2, -0.15) is 0 Å². The lowest BCUT2D eigenvalue weighted by atomic mass is 10.0. The van der Waals surface area contributed by atoms with E-state index >= 15 is 0 Å². The molecule has 0 spiro atoms. The predicted octanol–water partition coefficient (Wildman–Crippen LogP) is 3.34. The number of carbonyl (C=O) groups is 1. The van der Waals surface area contributed by atoms with E-state index in [0.717, 1.165) is 18.4 Å². The second-order valence-corrected chi connectivity index (χ2v) is 4.34. The van der Waals surface area contributed by atoms with E-state index in [1.165, 1.54) is 12.1 Å². The first-order valence-corrected chi connectivity index (χ1v) is 6.32. The molecule has 0 saturated carbocycles. The van der Waals surface area contributed by atoms with E-state index in [-0.39, 0.29) is 11.5 Å². The molecule has 0 unspecified atom stereocenters. The zero-order chi connectivity index (χ0) is 13.8. The summed E-state index contributed by atoms with van der Waals surface area (Å²) in [6.07, 6.45) is 1.91. The normalized spacial score (nSPS) is 10.9. The van der Waals surface area contributed by atoms with Crippen LogP contribution in [0.2, 0.25) is 0 Å². The molecule has 0 fully saturated rings. The SMILES string of the molecule is CCC(CC)c1nnc(-c2ccc(C(=O)O)cc2)o1. The molecule has 100 valence electrons. The number of hydrogen-bond donors (Lipinski definition) is 1. The van der Waals surface area contributed by atoms with Gasteiger partial charge in [0.1, 0.15) is 0 Å². The van der Waals surface area contributed by atoms with Crippen LogP contribution in [0.15, 0.2) is 28.7 Å². The largest absolute Gasteiger partial charge is 0.478 e. The van der Waals surface area contributed by atoms with Crippen molar-refractivity contribution in [3.05, 3.63) is 35.7 Å². The molecule has 19 heavy (non-hydrogen) atoms. The van der Waals surface area contributed by atoms with Crippen LogP contribution in [-0.2, 0) is 0 Å². The van der Waals surface area contributed by atoms with Gasteiger partial charge < -0.3 is 9.52 Å². The zero-order valence-electron chi connectivity index (χ0n) is 11.0. The molecule has 0 aliphatic carbocycles. The molecule has 0 amide bonds. The van der Waals surface area contributed by atoms with Crippen molar-refractivity contribution < 1.29 is 14.3 Å². The van der Waals surface area contributed by atoms with E-state index in [9.17, 15) is 4.79 Å². The molecule has 0 atom stereocenters. The third-order valence-corrected chi connectivity index (χ3v) is 3.15. The van der Waals surface area contributed by atoms with Crippen LogP contribution < -0.4 is 0 Å². The minimum absolute atomic E-state index is 0.239. The van der Waals surface area contributed by atoms with Crippen molar-refractivity contribution in [1.82, 2.24) is 10.2 Å². The van der Waals surface area contributed by atoms with Crippen LogP contribution in [0.4, 0.5) is 0 Å². The molecule has 0 bridgehead atoms. The molecular weight excluding hydrogens is 244 g/mol. The topological polar surface area (TPSA) is 76.2 Å². The average Bonchev–Trinajstić information content (AvgIpc) is 2.90. The van der Waals surface area contributed by atoms with Crippen LogP contribution in [0.3, 0.4) is 0 Å². The van der Waals surface area contributed by atoms with Gasteiger partial charge in [-0.3, -0.25) is 0 Å². The first-order valence-electron chi connectivity index (χ1n) is 6.32. The van der Waals surface area contributed by atoms with Gasteiger partial charge in [0, 0.05) is 11.5 Å². The van der Waals surface area contributed by atoms with Crippen LogP contribution in [0.25, 0.3) is 11.5 Å². The lowest BCUT2D eigenvalue weighted by Crippen LogP contribution is -1.95. The lowest BCUT2D eigenvalue weighted by Gasteiger charge is -2.04. The number of rotatable bonds is 5. The number of carboxylic acid groups (broad SMARTS) is 1. The van der Waals surface area contributed by atoms with E-state index in [4.69, 9.17) is 9.52 Å². The summed E-state index contributed by atoms with van der Waals surface area (Å²) in [4.78, 5) is 10.8. The molecule has 2 aromatic rings. The summed E-state index contributed by atoms with van der Waals surface area (Å²) in [6.45, 7) is 4.17. The molecule has 2 rings (SSSR count). The van der Waals surface area contributed by atoms with Gasteiger partial charge in [0.15, 0.2) is 0 Å². The summed E-state index contributed by atoms with van der Waals surface area (Å²) in [5.74, 6) is 0.399. The third kappa shape index (κ3) is 2.81. The van der Waals surface area contributed by atoms with Gasteiger partial charge >= 0.3 is 5.97 Å². The summed E-state index contributed by atoms with van der Waals surface area (Å²) < 4.78 is 5.64. The maximum absolute atomic E-state index is 10.8. The summed E-state index contributed by atoms with van der Waals surface area (Å²) in [7, 11) is 0. The monoisotopic (exact) mass is 260 g/mol. The van der Waals surface area contributed by atoms with E-state index in [1.54, 1.807) is 12.1 Å². The Labute approximate surface area is 111 Å². The van der Waals surface area contributed by atoms with E-state index < -0.39 is 5.97 Å². The highest BCUT2D eigenvalue weighted by Gasteiger charge is 2.16. The maximum Gasteiger partial charge on any atom is 0.335 e. The van der Waals surface area contributed by atoms with Gasteiger partial charge in [0.05, 0.1) is 5.56 Å². The number of aromatic carboxylic acids is 1. The van der Waals surface area contributed by atoms with E-state index in [0.29, 0.717) is 11.8 Å². The summed E-state index contributed by atoms with van der Waals surface area (Å²) in [5, 5.41) is 16.9. The molecule has 1 aromatic carbocycles. The van der Waals surface area contributed by atoms with Crippen LogP contribution in [0, 0.1) is 0 Å². The van der Waals surface area contributed by atoms with Crippen molar-refractivity contribution >= 4 is 5.97 Å². The van der Waals surface area contributed by atoms with Gasteiger partial charge in [-0.25, -0.2) is 4.79 Å². The van der Waals surface area contributed by atoms with Gasteiger partial charge in [-0.15, -0.1) is 10.2 Å². The Hall–Kier alpha value is -2.17. The number of aromatic nitrogens is 2. The molecule has 5 heteroatoms. The third-order valence-electron chi connectivity index (χ3n) is 3.15. The van der Waals surface area contributed by atoms with Gasteiger partial charge in [-0.1, -0.05) is 13.8 Å². The Morgan fingerprint density at radius 2 is 1.84 bits per heavy atom. The summed E-state index contributed by atoms with van der Waals surface area (Å²) in [5.41, 5.74) is 0.971. The quantitative estimate of drug-likeness (QED) is 0.892. The van der Waals surface area contributed by atoms with Crippen molar-refractivity contribution in [3.8, 4) is 11.5 Å². The Morgan fingerprint density at radius 3 is 2.37 bits per heavy atom. The first kappa shape index (κ1) is 13.3. The molecule has 1 N–H and O–H groups in total. The van der Waals surface area contributed by atoms with Gasteiger partial charge in [0.25, 0.3) is 0 Å². The molecule has 0 aliphatic rings. The van der Waals surface area contributed by atoms with Gasteiger partial charge in [-0.05, 0) is 37.1 Å². The van der Waals surface area contributed by atoms with Gasteiger partial charge in [0.2, 0.25) is 11.8 Å². The summed E-state index contributed by atoms with van der Waals surface area (Å²) >= 11 is 0. The molecule has 0 aliphatic heterocycles. The van der Waals surface area contributed by atoms with Crippen molar-refractivity contribution in [2.24, 2.45) is 0 Å². The average molecular weight is 260 g/mol. The van der Waals surface area contributed by atoms with Crippen LogP contribution >= 0.6 is 0 Å². The molecule has 5 nitrogen and oxygen atoms in total. The molecule has 1 aromatic heterocycles. The van der Waals surface area contributed by atoms with E-state index in [2.05, 4.69) is 24.0 Å². The van der Waals surface area contributed by atoms with Crippen molar-refractivity contribution in [1.29, 1.82) is 0 Å². The summed E-state index contributed by atoms with van der Waals surface area (Å²) in [6, 6.07) is 6.40. The Balaban J connectivity index is 2.25. The highest BCUT2D eigenvalue weighted by Crippen LogP contribution is 2.25. The Morgan fingerprint density at radius 1 is 1.21 bits per heavy atom. The number of hydrogen-bond acceptors (Lipinski definition) is 4. The molecule has 1 heterocycles. The second kappa shape index (κ2) is 5.65. The van der Waals surface area contributed by atoms with Crippen molar-refractivity contribution in [2.75, 3.05) is 0 Å². The standard InChI is InChI=1S/C14H16N2O3/c1-3-9(4-2)12-15-16-13(19-12)10-5-7-11(8-6-10)14(17)18/h5-9H,3-4H2,1-2H3,(H,17,18). The minimum Gasteiger partial charge on any atom is -0.478 e. The second-order valence-electron chi connectivity index (χ2n) is 4.34. The molecule has 0 saturated heterocycles. The lowest BCUT2D eigenvalue weighted by molar-refractivity contribution is 0.0697. The molecule has 0 radical (unpaired) electrons. The van der Waals surface area contributed by atoms with Crippen molar-refractivity contribution in [3.63, 3.8) is 0 Å². The minimum atomic E-state index is -0.949. The zero-order valence-corrected chi connectivity index (χ0v) is 11.0. The smallest absolute Gasteiger partial charge is 0.335 e.